The van der Waals surface area contributed by atoms with Gasteiger partial charge in [-0.3, -0.25) is 0 Å². The summed E-state index contributed by atoms with van der Waals surface area (Å²) in [6, 6.07) is 0. The second-order valence-corrected chi connectivity index (χ2v) is 12.9. The highest BCUT2D eigenvalue weighted by Crippen LogP contribution is 2.60. The van der Waals surface area contributed by atoms with Crippen molar-refractivity contribution in [1.29, 1.82) is 0 Å². The average Bonchev–Trinajstić information content (AvgIpc) is 3.42. The van der Waals surface area contributed by atoms with E-state index in [0.717, 1.165) is 49.0 Å². The lowest BCUT2D eigenvalue weighted by Crippen LogP contribution is -2.35. The number of hydrogen-bond acceptors (Lipinski definition) is 5. The molecule has 4 aliphatic rings. The zero-order valence-corrected chi connectivity index (χ0v) is 23.5. The van der Waals surface area contributed by atoms with Crippen LogP contribution in [0.25, 0.3) is 0 Å². The number of aliphatic hydroxyl groups excluding tert-OH is 3. The van der Waals surface area contributed by atoms with E-state index < -0.39 is 18.3 Å². The molecule has 208 valence electrons. The highest BCUT2D eigenvalue weighted by atomic mass is 16.4. The average molecular weight is 522 g/mol. The highest BCUT2D eigenvalue weighted by molar-refractivity contribution is 5.38. The van der Waals surface area contributed by atoms with Gasteiger partial charge in [0.1, 0.15) is 5.76 Å². The molecular weight excluding hydrogens is 474 g/mol. The van der Waals surface area contributed by atoms with Crippen molar-refractivity contribution < 1.29 is 19.7 Å². The highest BCUT2D eigenvalue weighted by Gasteiger charge is 2.54. The van der Waals surface area contributed by atoms with Gasteiger partial charge in [-0.25, -0.2) is 4.98 Å². The maximum atomic E-state index is 11.2. The van der Waals surface area contributed by atoms with Crippen LogP contribution in [-0.4, -0.2) is 38.6 Å². The first kappa shape index (κ1) is 27.6. The summed E-state index contributed by atoms with van der Waals surface area (Å²) >= 11 is 0. The Morgan fingerprint density at radius 3 is 2.71 bits per heavy atom. The van der Waals surface area contributed by atoms with E-state index in [1.165, 1.54) is 31.3 Å². The SMILES string of the molecule is C=C1/C(=C\C=C2/CCC[C@]3(C)[C@@H]([C@H](C)/C=C/[C@H](O)C4(c5ncc(CCC)o5)CC4)CC[C@@H]23)C[C@@H](O)C[C@@H]1O. The first-order chi connectivity index (χ1) is 18.2. The van der Waals surface area contributed by atoms with Gasteiger partial charge in [0.15, 0.2) is 0 Å². The zero-order chi connectivity index (χ0) is 27.1. The van der Waals surface area contributed by atoms with E-state index in [1.807, 2.05) is 12.3 Å². The number of aryl methyl sites for hydroxylation is 1. The van der Waals surface area contributed by atoms with Gasteiger partial charge in [0.2, 0.25) is 5.89 Å². The van der Waals surface area contributed by atoms with Gasteiger partial charge < -0.3 is 19.7 Å². The van der Waals surface area contributed by atoms with E-state index in [0.29, 0.717) is 36.5 Å². The fourth-order valence-electron chi connectivity index (χ4n) is 7.88. The first-order valence-corrected chi connectivity index (χ1v) is 14.9. The summed E-state index contributed by atoms with van der Waals surface area (Å²) in [6.07, 6.45) is 19.5. The molecule has 38 heavy (non-hydrogen) atoms. The molecular formula is C33H47NO4. The van der Waals surface area contributed by atoms with Gasteiger partial charge in [-0.2, -0.15) is 0 Å². The predicted octanol–water partition coefficient (Wildman–Crippen LogP) is 6.35. The molecule has 0 aliphatic heterocycles. The van der Waals surface area contributed by atoms with Crippen LogP contribution in [0.2, 0.25) is 0 Å². The van der Waals surface area contributed by atoms with Crippen molar-refractivity contribution in [1.82, 2.24) is 4.98 Å². The minimum atomic E-state index is -0.643. The molecule has 1 aromatic rings. The molecule has 7 atom stereocenters. The van der Waals surface area contributed by atoms with E-state index in [2.05, 4.69) is 50.6 Å². The molecule has 1 aromatic heterocycles. The van der Waals surface area contributed by atoms with Crippen molar-refractivity contribution in [3.8, 4) is 0 Å². The number of oxazole rings is 1. The molecule has 4 aliphatic carbocycles. The number of allylic oxidation sites excluding steroid dienone is 4. The zero-order valence-electron chi connectivity index (χ0n) is 23.5. The maximum Gasteiger partial charge on any atom is 0.203 e. The second-order valence-electron chi connectivity index (χ2n) is 12.9. The van der Waals surface area contributed by atoms with Gasteiger partial charge in [0.25, 0.3) is 0 Å². The summed E-state index contributed by atoms with van der Waals surface area (Å²) in [5, 5.41) is 31.5. The summed E-state index contributed by atoms with van der Waals surface area (Å²) in [5.74, 6) is 3.14. The fraction of sp³-hybridized carbons (Fsp3) is 0.667. The molecule has 1 heterocycles. The topological polar surface area (TPSA) is 86.7 Å². The fourth-order valence-corrected chi connectivity index (χ4v) is 7.88. The van der Waals surface area contributed by atoms with Gasteiger partial charge in [0.05, 0.1) is 29.9 Å². The van der Waals surface area contributed by atoms with E-state index in [1.54, 1.807) is 0 Å². The standard InChI is InChI=1S/C33H47NO4/c1-5-7-26-20-34-31(38-26)33(16-17-33)30(37)14-9-21(2)27-12-13-28-23(8-6-15-32(27,28)4)10-11-24-18-25(35)19-29(36)22(24)3/h9-11,14,20-21,25,27-30,35-37H,3,5-8,12-13,15-19H2,1-2,4H3/b14-9+,23-10+,24-11-/t21-,25-,27-,28+,29+,30+,32-/m1/s1. The lowest BCUT2D eigenvalue weighted by molar-refractivity contribution is 0.0862. The molecule has 0 unspecified atom stereocenters. The van der Waals surface area contributed by atoms with Gasteiger partial charge >= 0.3 is 0 Å². The van der Waals surface area contributed by atoms with Gasteiger partial charge in [-0.15, -0.1) is 0 Å². The van der Waals surface area contributed by atoms with Crippen LogP contribution < -0.4 is 0 Å². The molecule has 0 saturated heterocycles. The van der Waals surface area contributed by atoms with Gasteiger partial charge in [0, 0.05) is 12.8 Å². The molecule has 0 spiro atoms. The van der Waals surface area contributed by atoms with E-state index in [4.69, 9.17) is 4.42 Å². The lowest BCUT2D eigenvalue weighted by atomic mass is 9.61. The smallest absolute Gasteiger partial charge is 0.203 e. The van der Waals surface area contributed by atoms with Crippen LogP contribution in [0.3, 0.4) is 0 Å². The molecule has 0 aromatic carbocycles. The minimum Gasteiger partial charge on any atom is -0.445 e. The number of nitrogens with zero attached hydrogens (tertiary/aromatic N) is 1. The molecule has 5 heteroatoms. The van der Waals surface area contributed by atoms with Crippen LogP contribution >= 0.6 is 0 Å². The Balaban J connectivity index is 1.27. The van der Waals surface area contributed by atoms with E-state index in [9.17, 15) is 15.3 Å². The van der Waals surface area contributed by atoms with Crippen molar-refractivity contribution in [3.63, 3.8) is 0 Å². The Labute approximate surface area is 228 Å². The van der Waals surface area contributed by atoms with Crippen LogP contribution in [0.4, 0.5) is 0 Å². The molecule has 0 bridgehead atoms. The maximum absolute atomic E-state index is 11.2. The van der Waals surface area contributed by atoms with Crippen LogP contribution in [0, 0.1) is 23.2 Å². The Morgan fingerprint density at radius 1 is 1.18 bits per heavy atom. The van der Waals surface area contributed by atoms with Gasteiger partial charge in [-0.05, 0) is 92.1 Å². The largest absolute Gasteiger partial charge is 0.445 e. The number of aromatic nitrogens is 1. The lowest BCUT2D eigenvalue weighted by Gasteiger charge is -2.44. The number of aliphatic hydroxyl groups is 3. The molecule has 0 radical (unpaired) electrons. The molecule has 4 fully saturated rings. The number of fused-ring (bicyclic) bond motifs is 1. The summed E-state index contributed by atoms with van der Waals surface area (Å²) in [4.78, 5) is 4.53. The van der Waals surface area contributed by atoms with Crippen molar-refractivity contribution in [2.24, 2.45) is 23.2 Å². The summed E-state index contributed by atoms with van der Waals surface area (Å²) in [7, 11) is 0. The van der Waals surface area contributed by atoms with E-state index >= 15 is 0 Å². The van der Waals surface area contributed by atoms with Crippen molar-refractivity contribution in [3.05, 3.63) is 65.5 Å². The third-order valence-corrected chi connectivity index (χ3v) is 10.4. The molecule has 5 rings (SSSR count). The molecule has 4 saturated carbocycles. The third kappa shape index (κ3) is 5.14. The van der Waals surface area contributed by atoms with Crippen molar-refractivity contribution in [2.45, 2.75) is 115 Å². The summed E-state index contributed by atoms with van der Waals surface area (Å²) in [6.45, 7) is 11.0. The van der Waals surface area contributed by atoms with E-state index in [-0.39, 0.29) is 10.8 Å². The third-order valence-electron chi connectivity index (χ3n) is 10.4. The number of hydrogen-bond donors (Lipinski definition) is 3. The summed E-state index contributed by atoms with van der Waals surface area (Å²) < 4.78 is 6.01. The quantitative estimate of drug-likeness (QED) is 0.347. The molecule has 3 N–H and O–H groups in total. The Kier molecular flexibility index (Phi) is 7.92. The monoisotopic (exact) mass is 521 g/mol. The molecule has 5 nitrogen and oxygen atoms in total. The molecule has 0 amide bonds. The van der Waals surface area contributed by atoms with Crippen LogP contribution in [0.1, 0.15) is 96.6 Å². The van der Waals surface area contributed by atoms with Crippen molar-refractivity contribution >= 4 is 0 Å². The summed E-state index contributed by atoms with van der Waals surface area (Å²) in [5.41, 5.74) is 3.15. The Bertz CT molecular complexity index is 1110. The van der Waals surface area contributed by atoms with Crippen molar-refractivity contribution in [2.75, 3.05) is 0 Å². The normalized spacial score (nSPS) is 36.6. The van der Waals surface area contributed by atoms with Crippen LogP contribution in [0.15, 0.2) is 58.2 Å². The minimum absolute atomic E-state index is 0.245. The first-order valence-electron chi connectivity index (χ1n) is 14.9. The van der Waals surface area contributed by atoms with Crippen LogP contribution in [-0.2, 0) is 11.8 Å². The van der Waals surface area contributed by atoms with Gasteiger partial charge in [-0.1, -0.05) is 57.2 Å². The number of rotatable bonds is 8. The predicted molar refractivity (Wildman–Crippen MR) is 150 cm³/mol. The van der Waals surface area contributed by atoms with Crippen LogP contribution in [0.5, 0.6) is 0 Å². The second kappa shape index (κ2) is 10.9. The Morgan fingerprint density at radius 2 is 1.97 bits per heavy atom. The Hall–Kier alpha value is -1.95.